The molecule has 18 heavy (non-hydrogen) atoms. The maximum atomic E-state index is 11.8. The number of nitrogens with zero attached hydrogens (tertiary/aromatic N) is 1. The molecule has 1 fully saturated rings. The van der Waals surface area contributed by atoms with Gasteiger partial charge in [0.25, 0.3) is 0 Å². The van der Waals surface area contributed by atoms with Crippen molar-refractivity contribution >= 4 is 5.91 Å². The topological polar surface area (TPSA) is 54.0 Å². The van der Waals surface area contributed by atoms with Crippen molar-refractivity contribution in [2.75, 3.05) is 13.1 Å². The highest BCUT2D eigenvalue weighted by molar-refractivity contribution is 5.78. The number of hydrogen-bond acceptors (Lipinski definition) is 3. The van der Waals surface area contributed by atoms with Crippen molar-refractivity contribution < 1.29 is 4.79 Å². The van der Waals surface area contributed by atoms with Crippen LogP contribution < -0.4 is 10.6 Å². The first-order valence-corrected chi connectivity index (χ1v) is 6.66. The predicted molar refractivity (Wildman–Crippen MR) is 71.3 cm³/mol. The molecule has 1 aliphatic rings. The molecule has 98 valence electrons. The highest BCUT2D eigenvalue weighted by Crippen LogP contribution is 2.08. The van der Waals surface area contributed by atoms with Crippen molar-refractivity contribution in [1.82, 2.24) is 15.6 Å². The summed E-state index contributed by atoms with van der Waals surface area (Å²) >= 11 is 0. The molecule has 1 saturated heterocycles. The molecule has 0 radical (unpaired) electrons. The van der Waals surface area contributed by atoms with Gasteiger partial charge < -0.3 is 10.6 Å². The van der Waals surface area contributed by atoms with E-state index in [4.69, 9.17) is 0 Å². The lowest BCUT2D eigenvalue weighted by atomic mass is 10.1. The lowest BCUT2D eigenvalue weighted by Crippen LogP contribution is -2.31. The second-order valence-electron chi connectivity index (χ2n) is 4.88. The number of pyridine rings is 1. The Morgan fingerprint density at radius 1 is 1.61 bits per heavy atom. The highest BCUT2D eigenvalue weighted by atomic mass is 16.1. The molecule has 0 spiro atoms. The predicted octanol–water partition coefficient (Wildman–Crippen LogP) is 1.19. The van der Waals surface area contributed by atoms with E-state index < -0.39 is 0 Å². The van der Waals surface area contributed by atoms with Gasteiger partial charge in [-0.05, 0) is 44.4 Å². The van der Waals surface area contributed by atoms with Crippen LogP contribution in [-0.4, -0.2) is 30.0 Å². The minimum Gasteiger partial charge on any atom is -0.356 e. The van der Waals surface area contributed by atoms with Gasteiger partial charge in [-0.3, -0.25) is 9.78 Å². The third-order valence-electron chi connectivity index (χ3n) is 3.42. The van der Waals surface area contributed by atoms with Crippen molar-refractivity contribution in [2.24, 2.45) is 0 Å². The van der Waals surface area contributed by atoms with E-state index in [1.54, 1.807) is 6.20 Å². The first-order valence-electron chi connectivity index (χ1n) is 6.66. The van der Waals surface area contributed by atoms with Crippen LogP contribution in [0.15, 0.2) is 18.3 Å². The summed E-state index contributed by atoms with van der Waals surface area (Å²) in [6, 6.07) is 4.46. The van der Waals surface area contributed by atoms with Gasteiger partial charge in [0.05, 0.1) is 12.1 Å². The maximum absolute atomic E-state index is 11.8. The van der Waals surface area contributed by atoms with E-state index in [-0.39, 0.29) is 5.91 Å². The fourth-order valence-corrected chi connectivity index (χ4v) is 2.31. The minimum absolute atomic E-state index is 0.0646. The Morgan fingerprint density at radius 2 is 2.50 bits per heavy atom. The highest BCUT2D eigenvalue weighted by Gasteiger charge is 2.13. The first-order chi connectivity index (χ1) is 8.75. The van der Waals surface area contributed by atoms with Crippen LogP contribution in [0.25, 0.3) is 0 Å². The zero-order valence-corrected chi connectivity index (χ0v) is 10.9. The van der Waals surface area contributed by atoms with Gasteiger partial charge in [-0.2, -0.15) is 0 Å². The fraction of sp³-hybridized carbons (Fsp3) is 0.571. The van der Waals surface area contributed by atoms with Crippen LogP contribution in [-0.2, 0) is 11.2 Å². The number of rotatable bonds is 5. The molecule has 4 nitrogen and oxygen atoms in total. The van der Waals surface area contributed by atoms with Gasteiger partial charge in [0, 0.05) is 18.8 Å². The Bertz CT molecular complexity index is 400. The fourth-order valence-electron chi connectivity index (χ4n) is 2.31. The molecule has 0 aliphatic carbocycles. The van der Waals surface area contributed by atoms with Gasteiger partial charge in [-0.1, -0.05) is 6.07 Å². The van der Waals surface area contributed by atoms with Crippen LogP contribution >= 0.6 is 0 Å². The van der Waals surface area contributed by atoms with Crippen molar-refractivity contribution in [2.45, 2.75) is 38.6 Å². The standard InChI is InChI=1S/C14H21N3O/c1-11-4-2-8-16-13(11)10-14(18)17-9-6-12-5-3-7-15-12/h2,4,8,12,15H,3,5-7,9-10H2,1H3,(H,17,18)/t12-/m0/s1. The molecule has 2 heterocycles. The monoisotopic (exact) mass is 247 g/mol. The third-order valence-corrected chi connectivity index (χ3v) is 3.42. The van der Waals surface area contributed by atoms with Crippen LogP contribution in [0.3, 0.4) is 0 Å². The summed E-state index contributed by atoms with van der Waals surface area (Å²) in [5.74, 6) is 0.0646. The van der Waals surface area contributed by atoms with E-state index in [1.807, 2.05) is 19.1 Å². The summed E-state index contributed by atoms with van der Waals surface area (Å²) in [4.78, 5) is 16.0. The molecule has 0 unspecified atom stereocenters. The maximum Gasteiger partial charge on any atom is 0.226 e. The van der Waals surface area contributed by atoms with Crippen LogP contribution in [0, 0.1) is 6.92 Å². The van der Waals surface area contributed by atoms with Crippen molar-refractivity contribution in [3.63, 3.8) is 0 Å². The largest absolute Gasteiger partial charge is 0.356 e. The van der Waals surface area contributed by atoms with E-state index in [1.165, 1.54) is 12.8 Å². The third kappa shape index (κ3) is 3.81. The number of carbonyl (C=O) groups is 1. The van der Waals surface area contributed by atoms with Gasteiger partial charge >= 0.3 is 0 Å². The summed E-state index contributed by atoms with van der Waals surface area (Å²) in [5, 5.41) is 6.39. The molecule has 2 N–H and O–H groups in total. The van der Waals surface area contributed by atoms with Crippen molar-refractivity contribution in [3.05, 3.63) is 29.6 Å². The summed E-state index contributed by atoms with van der Waals surface area (Å²) in [6.07, 6.45) is 5.62. The summed E-state index contributed by atoms with van der Waals surface area (Å²) in [6.45, 7) is 3.85. The van der Waals surface area contributed by atoms with Gasteiger partial charge in [0.15, 0.2) is 0 Å². The average molecular weight is 247 g/mol. The normalized spacial score (nSPS) is 18.8. The molecule has 1 aromatic heterocycles. The molecule has 1 atom stereocenters. The second-order valence-corrected chi connectivity index (χ2v) is 4.88. The van der Waals surface area contributed by atoms with Crippen LogP contribution in [0.2, 0.25) is 0 Å². The molecule has 1 amide bonds. The molecule has 1 aromatic rings. The summed E-state index contributed by atoms with van der Waals surface area (Å²) < 4.78 is 0. The Hall–Kier alpha value is -1.42. The molecule has 0 aromatic carbocycles. The molecule has 0 saturated carbocycles. The van der Waals surface area contributed by atoms with Gasteiger partial charge in [-0.15, -0.1) is 0 Å². The number of hydrogen-bond donors (Lipinski definition) is 2. The molecule has 1 aliphatic heterocycles. The molecule has 2 rings (SSSR count). The van der Waals surface area contributed by atoms with Gasteiger partial charge in [-0.25, -0.2) is 0 Å². The first kappa shape index (κ1) is 13.0. The number of aryl methyl sites for hydroxylation is 1. The number of aromatic nitrogens is 1. The zero-order valence-electron chi connectivity index (χ0n) is 10.9. The lowest BCUT2D eigenvalue weighted by Gasteiger charge is -2.11. The molecular formula is C14H21N3O. The van der Waals surface area contributed by atoms with Gasteiger partial charge in [0.1, 0.15) is 0 Å². The number of amides is 1. The van der Waals surface area contributed by atoms with Crippen molar-refractivity contribution in [1.29, 1.82) is 0 Å². The summed E-state index contributed by atoms with van der Waals surface area (Å²) in [7, 11) is 0. The number of nitrogens with one attached hydrogen (secondary N) is 2. The molecular weight excluding hydrogens is 226 g/mol. The van der Waals surface area contributed by atoms with Gasteiger partial charge in [0.2, 0.25) is 5.91 Å². The van der Waals surface area contributed by atoms with E-state index >= 15 is 0 Å². The minimum atomic E-state index is 0.0646. The Kier molecular flexibility index (Phi) is 4.70. The van der Waals surface area contributed by atoms with Crippen LogP contribution in [0.5, 0.6) is 0 Å². The second kappa shape index (κ2) is 6.50. The van der Waals surface area contributed by atoms with E-state index in [0.717, 1.165) is 30.8 Å². The SMILES string of the molecule is Cc1cccnc1CC(=O)NCC[C@@H]1CCCN1. The number of carbonyl (C=O) groups excluding carboxylic acids is 1. The lowest BCUT2D eigenvalue weighted by molar-refractivity contribution is -0.120. The quantitative estimate of drug-likeness (QED) is 0.822. The smallest absolute Gasteiger partial charge is 0.226 e. The van der Waals surface area contributed by atoms with Crippen molar-refractivity contribution in [3.8, 4) is 0 Å². The zero-order chi connectivity index (χ0) is 12.8. The molecule has 4 heteroatoms. The van der Waals surface area contributed by atoms with E-state index in [0.29, 0.717) is 12.5 Å². The van der Waals surface area contributed by atoms with E-state index in [9.17, 15) is 4.79 Å². The van der Waals surface area contributed by atoms with Crippen LogP contribution in [0.1, 0.15) is 30.5 Å². The summed E-state index contributed by atoms with van der Waals surface area (Å²) in [5.41, 5.74) is 1.94. The Labute approximate surface area is 108 Å². The average Bonchev–Trinajstić information content (AvgIpc) is 2.85. The Balaban J connectivity index is 1.70. The molecule has 0 bridgehead atoms. The Morgan fingerprint density at radius 3 is 3.22 bits per heavy atom. The van der Waals surface area contributed by atoms with E-state index in [2.05, 4.69) is 15.6 Å². The van der Waals surface area contributed by atoms with Crippen LogP contribution in [0.4, 0.5) is 0 Å².